The Hall–Kier alpha value is -3.93. The van der Waals surface area contributed by atoms with Gasteiger partial charge in [-0.2, -0.15) is 4.99 Å². The molecule has 0 unspecified atom stereocenters. The molecule has 2 N–H and O–H groups in total. The summed E-state index contributed by atoms with van der Waals surface area (Å²) in [6.45, 7) is 0. The van der Waals surface area contributed by atoms with E-state index >= 15 is 0 Å². The van der Waals surface area contributed by atoms with Crippen molar-refractivity contribution >= 4 is 23.1 Å². The van der Waals surface area contributed by atoms with Crippen LogP contribution in [0.3, 0.4) is 0 Å². The summed E-state index contributed by atoms with van der Waals surface area (Å²) in [6.07, 6.45) is 0. The van der Waals surface area contributed by atoms with Crippen molar-refractivity contribution in [2.75, 3.05) is 0 Å². The van der Waals surface area contributed by atoms with Crippen molar-refractivity contribution < 1.29 is 10.2 Å². The van der Waals surface area contributed by atoms with Gasteiger partial charge < -0.3 is 10.2 Å². The molecule has 4 aromatic rings. The first-order valence-electron chi connectivity index (χ1n) is 8.67. The smallest absolute Gasteiger partial charge is 0.167 e. The highest BCUT2D eigenvalue weighted by Crippen LogP contribution is 2.32. The minimum Gasteiger partial charge on any atom is -0.507 e. The number of para-hydroxylation sites is 2. The van der Waals surface area contributed by atoms with Crippen molar-refractivity contribution in [2.45, 2.75) is 0 Å². The number of aromatic hydroxyl groups is 2. The maximum Gasteiger partial charge on any atom is 0.167 e. The van der Waals surface area contributed by atoms with E-state index in [2.05, 4.69) is 37.3 Å². The summed E-state index contributed by atoms with van der Waals surface area (Å²) in [4.78, 5) is 17.5. The highest BCUT2D eigenvalue weighted by molar-refractivity contribution is 7.78. The second kappa shape index (κ2) is 7.98. The standard InChI is InChI=1S/C22H14N4O2S/c27-18-7-3-1-5-16(18)21-24-20(14-9-11-15(12-10-14)23-13-29)25-22(26-21)17-6-2-4-8-19(17)28/h1-12,27-28H. The van der Waals surface area contributed by atoms with E-state index < -0.39 is 0 Å². The number of rotatable bonds is 4. The lowest BCUT2D eigenvalue weighted by Gasteiger charge is -2.10. The molecule has 7 heteroatoms. The molecule has 0 aliphatic rings. The number of phenolic OH excluding ortho intramolecular Hbond substituents is 2. The SMILES string of the molecule is Oc1ccccc1-c1nc(-c2ccc(N=C=S)cc2)nc(-c2ccccc2O)n1. The van der Waals surface area contributed by atoms with E-state index in [1.165, 1.54) is 0 Å². The predicted octanol–water partition coefficient (Wildman–Crippen LogP) is 5.02. The molecule has 0 aliphatic heterocycles. The zero-order valence-corrected chi connectivity index (χ0v) is 15.8. The van der Waals surface area contributed by atoms with Crippen LogP contribution in [0.5, 0.6) is 11.5 Å². The zero-order valence-electron chi connectivity index (χ0n) is 15.0. The molecule has 140 valence electrons. The molecule has 0 radical (unpaired) electrons. The first kappa shape index (κ1) is 18.4. The predicted molar refractivity (Wildman–Crippen MR) is 114 cm³/mol. The summed E-state index contributed by atoms with van der Waals surface area (Å²) in [7, 11) is 0. The van der Waals surface area contributed by atoms with Crippen molar-refractivity contribution in [3.05, 3.63) is 72.8 Å². The van der Waals surface area contributed by atoms with Crippen LogP contribution in [0.25, 0.3) is 34.2 Å². The van der Waals surface area contributed by atoms with Gasteiger partial charge in [0.05, 0.1) is 22.0 Å². The van der Waals surface area contributed by atoms with Crippen LogP contribution in [0.2, 0.25) is 0 Å². The Morgan fingerprint density at radius 1 is 0.655 bits per heavy atom. The van der Waals surface area contributed by atoms with E-state index in [1.54, 1.807) is 60.7 Å². The zero-order chi connectivity index (χ0) is 20.2. The number of aliphatic imine (C=N–C) groups is 1. The summed E-state index contributed by atoms with van der Waals surface area (Å²) >= 11 is 4.63. The van der Waals surface area contributed by atoms with Gasteiger partial charge in [-0.1, -0.05) is 24.3 Å². The third kappa shape index (κ3) is 3.87. The van der Waals surface area contributed by atoms with Gasteiger partial charge in [0.15, 0.2) is 17.5 Å². The molecule has 0 spiro atoms. The minimum absolute atomic E-state index is 0.0542. The number of nitrogens with zero attached hydrogens (tertiary/aromatic N) is 4. The molecule has 0 saturated heterocycles. The fourth-order valence-corrected chi connectivity index (χ4v) is 2.91. The Kier molecular flexibility index (Phi) is 5.07. The average Bonchev–Trinajstić information content (AvgIpc) is 2.75. The van der Waals surface area contributed by atoms with E-state index in [1.807, 2.05) is 12.1 Å². The number of aromatic nitrogens is 3. The van der Waals surface area contributed by atoms with E-state index in [4.69, 9.17) is 0 Å². The van der Waals surface area contributed by atoms with Crippen LogP contribution in [-0.4, -0.2) is 30.3 Å². The van der Waals surface area contributed by atoms with E-state index in [0.717, 1.165) is 5.56 Å². The number of hydrogen-bond acceptors (Lipinski definition) is 7. The van der Waals surface area contributed by atoms with Crippen molar-refractivity contribution in [3.8, 4) is 45.7 Å². The van der Waals surface area contributed by atoms with Crippen LogP contribution >= 0.6 is 12.2 Å². The molecule has 4 rings (SSSR count). The van der Waals surface area contributed by atoms with Gasteiger partial charge in [-0.05, 0) is 60.7 Å². The van der Waals surface area contributed by atoms with Crippen LogP contribution < -0.4 is 0 Å². The third-order valence-corrected chi connectivity index (χ3v) is 4.32. The van der Waals surface area contributed by atoms with Gasteiger partial charge >= 0.3 is 0 Å². The molecule has 0 atom stereocenters. The van der Waals surface area contributed by atoms with Crippen LogP contribution in [0.15, 0.2) is 77.8 Å². The molecular weight excluding hydrogens is 384 g/mol. The van der Waals surface area contributed by atoms with Crippen molar-refractivity contribution in [1.29, 1.82) is 0 Å². The number of thiocarbonyl (C=S) groups is 1. The topological polar surface area (TPSA) is 91.5 Å². The Morgan fingerprint density at radius 2 is 1.14 bits per heavy atom. The van der Waals surface area contributed by atoms with Gasteiger partial charge in [0, 0.05) is 5.56 Å². The molecule has 0 bridgehead atoms. The molecule has 3 aromatic carbocycles. The summed E-state index contributed by atoms with van der Waals surface area (Å²) in [5, 5.41) is 22.8. The highest BCUT2D eigenvalue weighted by Gasteiger charge is 2.15. The maximum atomic E-state index is 10.3. The van der Waals surface area contributed by atoms with Crippen molar-refractivity contribution in [3.63, 3.8) is 0 Å². The molecular formula is C22H14N4O2S. The number of isothiocyanates is 1. The molecule has 1 aromatic heterocycles. The fraction of sp³-hybridized carbons (Fsp3) is 0. The van der Waals surface area contributed by atoms with Gasteiger partial charge in [-0.3, -0.25) is 0 Å². The number of phenols is 2. The first-order valence-corrected chi connectivity index (χ1v) is 9.07. The molecule has 0 amide bonds. The quantitative estimate of drug-likeness (QED) is 0.371. The number of benzene rings is 3. The molecule has 29 heavy (non-hydrogen) atoms. The van der Waals surface area contributed by atoms with E-state index in [9.17, 15) is 10.2 Å². The van der Waals surface area contributed by atoms with E-state index in [0.29, 0.717) is 34.3 Å². The Bertz CT molecular complexity index is 1170. The van der Waals surface area contributed by atoms with Crippen LogP contribution in [0, 0.1) is 0 Å². The number of hydrogen-bond donors (Lipinski definition) is 2. The monoisotopic (exact) mass is 398 g/mol. The average molecular weight is 398 g/mol. The second-order valence-corrected chi connectivity index (χ2v) is 6.27. The minimum atomic E-state index is 0.0542. The summed E-state index contributed by atoms with van der Waals surface area (Å²) < 4.78 is 0. The van der Waals surface area contributed by atoms with Gasteiger partial charge in [0.1, 0.15) is 11.5 Å². The molecule has 1 heterocycles. The summed E-state index contributed by atoms with van der Waals surface area (Å²) in [5.74, 6) is 1.10. The fourth-order valence-electron chi connectivity index (χ4n) is 2.81. The third-order valence-electron chi connectivity index (χ3n) is 4.23. The Balaban J connectivity index is 1.92. The Morgan fingerprint density at radius 3 is 1.62 bits per heavy atom. The molecule has 0 fully saturated rings. The van der Waals surface area contributed by atoms with E-state index in [-0.39, 0.29) is 11.5 Å². The molecule has 0 aliphatic carbocycles. The lowest BCUT2D eigenvalue weighted by molar-refractivity contribution is 0.477. The summed E-state index contributed by atoms with van der Waals surface area (Å²) in [5.41, 5.74) is 2.33. The van der Waals surface area contributed by atoms with Crippen LogP contribution in [0.1, 0.15) is 0 Å². The van der Waals surface area contributed by atoms with Crippen LogP contribution in [0.4, 0.5) is 5.69 Å². The Labute approximate surface area is 171 Å². The highest BCUT2D eigenvalue weighted by atomic mass is 32.1. The van der Waals surface area contributed by atoms with Gasteiger partial charge in [0.2, 0.25) is 0 Å². The van der Waals surface area contributed by atoms with Crippen molar-refractivity contribution in [2.24, 2.45) is 4.99 Å². The summed E-state index contributed by atoms with van der Waals surface area (Å²) in [6, 6.07) is 20.8. The lowest BCUT2D eigenvalue weighted by atomic mass is 10.1. The largest absolute Gasteiger partial charge is 0.507 e. The first-order chi connectivity index (χ1) is 14.2. The lowest BCUT2D eigenvalue weighted by Crippen LogP contribution is -2.00. The second-order valence-electron chi connectivity index (χ2n) is 6.09. The molecule has 0 saturated carbocycles. The van der Waals surface area contributed by atoms with Gasteiger partial charge in [-0.25, -0.2) is 15.0 Å². The van der Waals surface area contributed by atoms with Crippen molar-refractivity contribution in [1.82, 2.24) is 15.0 Å². The maximum absolute atomic E-state index is 10.3. The van der Waals surface area contributed by atoms with Gasteiger partial charge in [0.25, 0.3) is 0 Å². The van der Waals surface area contributed by atoms with Crippen LogP contribution in [-0.2, 0) is 0 Å². The molecule has 6 nitrogen and oxygen atoms in total. The van der Waals surface area contributed by atoms with Gasteiger partial charge in [-0.15, -0.1) is 0 Å². The normalized spacial score (nSPS) is 10.3.